The molecule has 1 aromatic carbocycles. The zero-order chi connectivity index (χ0) is 8.72. The van der Waals surface area contributed by atoms with Gasteiger partial charge in [-0.05, 0) is 70.5 Å². The van der Waals surface area contributed by atoms with Crippen LogP contribution >= 0.6 is 33.9 Å². The third-order valence-electron chi connectivity index (χ3n) is 2.22. The Bertz CT molecular complexity index is 429. The van der Waals surface area contributed by atoms with Crippen LogP contribution in [0, 0.1) is 17.4 Å². The van der Waals surface area contributed by atoms with Crippen LogP contribution in [0.4, 0.5) is 0 Å². The van der Waals surface area contributed by atoms with Crippen LogP contribution in [0.2, 0.25) is 0 Å². The second-order valence-electron chi connectivity index (χ2n) is 2.96. The monoisotopic (exact) mass is 288 g/mol. The maximum atomic E-state index is 2.41. The van der Waals surface area contributed by atoms with Crippen LogP contribution in [0.3, 0.4) is 0 Å². The van der Waals surface area contributed by atoms with Gasteiger partial charge in [-0.3, -0.25) is 0 Å². The molecule has 0 nitrogen and oxygen atoms in total. The van der Waals surface area contributed by atoms with Crippen molar-refractivity contribution in [2.75, 3.05) is 0 Å². The molecule has 0 aliphatic heterocycles. The molecule has 2 rings (SSSR count). The molecule has 62 valence electrons. The summed E-state index contributed by atoms with van der Waals surface area (Å²) in [6.45, 7) is 4.37. The normalized spacial score (nSPS) is 10.9. The Morgan fingerprint density at radius 3 is 2.83 bits per heavy atom. The van der Waals surface area contributed by atoms with Gasteiger partial charge in [0, 0.05) is 8.27 Å². The van der Waals surface area contributed by atoms with Crippen molar-refractivity contribution in [1.82, 2.24) is 0 Å². The van der Waals surface area contributed by atoms with Gasteiger partial charge >= 0.3 is 0 Å². The minimum atomic E-state index is 1.38. The van der Waals surface area contributed by atoms with E-state index in [4.69, 9.17) is 0 Å². The molecular weight excluding hydrogens is 279 g/mol. The van der Waals surface area contributed by atoms with Gasteiger partial charge in [0.25, 0.3) is 0 Å². The van der Waals surface area contributed by atoms with E-state index in [1.54, 1.807) is 0 Å². The second-order valence-corrected chi connectivity index (χ2v) is 5.04. The summed E-state index contributed by atoms with van der Waals surface area (Å²) in [5.74, 6) is 0. The Kier molecular flexibility index (Phi) is 2.12. The Morgan fingerprint density at radius 1 is 1.33 bits per heavy atom. The average Bonchev–Trinajstić information content (AvgIpc) is 2.48. The lowest BCUT2D eigenvalue weighted by Gasteiger charge is -2.02. The van der Waals surface area contributed by atoms with Crippen LogP contribution in [0.25, 0.3) is 10.1 Å². The number of hydrogen-bond acceptors (Lipinski definition) is 1. The van der Waals surface area contributed by atoms with E-state index in [1.807, 2.05) is 11.3 Å². The molecule has 0 aliphatic rings. The first-order valence-corrected chi connectivity index (χ1v) is 5.79. The molecule has 12 heavy (non-hydrogen) atoms. The number of rotatable bonds is 0. The number of fused-ring (bicyclic) bond motifs is 1. The standard InChI is InChI=1S/C10H9IS/c1-6-5-9(11)10-8(7(6)2)3-4-12-10/h3-5H,1-2H3. The average molecular weight is 288 g/mol. The Hall–Kier alpha value is -0.0900. The third-order valence-corrected chi connectivity index (χ3v) is 4.39. The summed E-state index contributed by atoms with van der Waals surface area (Å²) in [6.07, 6.45) is 0. The van der Waals surface area contributed by atoms with Crippen molar-refractivity contribution in [1.29, 1.82) is 0 Å². The minimum Gasteiger partial charge on any atom is -0.143 e. The van der Waals surface area contributed by atoms with Gasteiger partial charge in [-0.2, -0.15) is 0 Å². The molecule has 1 heterocycles. The lowest BCUT2D eigenvalue weighted by molar-refractivity contribution is 1.38. The van der Waals surface area contributed by atoms with Gasteiger partial charge in [-0.1, -0.05) is 0 Å². The first-order chi connectivity index (χ1) is 5.70. The Morgan fingerprint density at radius 2 is 2.08 bits per heavy atom. The fourth-order valence-corrected chi connectivity index (χ4v) is 3.36. The molecule has 0 spiro atoms. The second kappa shape index (κ2) is 3.00. The summed E-state index contributed by atoms with van der Waals surface area (Å²) in [6, 6.07) is 4.47. The molecule has 0 radical (unpaired) electrons. The molecule has 2 heteroatoms. The van der Waals surface area contributed by atoms with E-state index in [0.29, 0.717) is 0 Å². The molecule has 0 saturated carbocycles. The summed E-state index contributed by atoms with van der Waals surface area (Å²) >= 11 is 4.24. The zero-order valence-corrected chi connectivity index (χ0v) is 9.99. The van der Waals surface area contributed by atoms with Crippen molar-refractivity contribution >= 4 is 44.0 Å². The predicted octanol–water partition coefficient (Wildman–Crippen LogP) is 4.12. The van der Waals surface area contributed by atoms with Gasteiger partial charge < -0.3 is 0 Å². The Labute approximate surface area is 89.7 Å². The SMILES string of the molecule is Cc1cc(I)c2sccc2c1C. The number of aryl methyl sites for hydroxylation is 2. The number of hydrogen-bond donors (Lipinski definition) is 0. The van der Waals surface area contributed by atoms with E-state index in [9.17, 15) is 0 Å². The van der Waals surface area contributed by atoms with E-state index >= 15 is 0 Å². The number of benzene rings is 1. The molecule has 0 saturated heterocycles. The summed E-state index contributed by atoms with van der Waals surface area (Å²) in [4.78, 5) is 0. The van der Waals surface area contributed by atoms with Crippen molar-refractivity contribution < 1.29 is 0 Å². The highest BCUT2D eigenvalue weighted by atomic mass is 127. The molecule has 0 bridgehead atoms. The molecule has 0 unspecified atom stereocenters. The van der Waals surface area contributed by atoms with Gasteiger partial charge in [0.1, 0.15) is 0 Å². The van der Waals surface area contributed by atoms with Gasteiger partial charge in [0.2, 0.25) is 0 Å². The smallest absolute Gasteiger partial charge is 0.0479 e. The summed E-state index contributed by atoms with van der Waals surface area (Å²) in [5.41, 5.74) is 2.82. The van der Waals surface area contributed by atoms with E-state index in [0.717, 1.165) is 0 Å². The van der Waals surface area contributed by atoms with Crippen molar-refractivity contribution in [3.8, 4) is 0 Å². The third kappa shape index (κ3) is 1.17. The lowest BCUT2D eigenvalue weighted by Crippen LogP contribution is -1.83. The molecule has 0 N–H and O–H groups in total. The molecule has 0 aliphatic carbocycles. The Balaban J connectivity index is 2.97. The highest BCUT2D eigenvalue weighted by Crippen LogP contribution is 2.30. The van der Waals surface area contributed by atoms with E-state index in [-0.39, 0.29) is 0 Å². The summed E-state index contributed by atoms with van der Waals surface area (Å²) < 4.78 is 2.81. The number of halogens is 1. The quantitative estimate of drug-likeness (QED) is 0.640. The van der Waals surface area contributed by atoms with Crippen LogP contribution in [-0.4, -0.2) is 0 Å². The zero-order valence-electron chi connectivity index (χ0n) is 7.02. The molecule has 0 fully saturated rings. The topological polar surface area (TPSA) is 0 Å². The minimum absolute atomic E-state index is 1.38. The molecule has 0 atom stereocenters. The number of thiophene rings is 1. The highest BCUT2D eigenvalue weighted by molar-refractivity contribution is 14.1. The fraction of sp³-hybridized carbons (Fsp3) is 0.200. The lowest BCUT2D eigenvalue weighted by atomic mass is 10.1. The van der Waals surface area contributed by atoms with Crippen molar-refractivity contribution in [3.63, 3.8) is 0 Å². The van der Waals surface area contributed by atoms with Crippen LogP contribution in [0.1, 0.15) is 11.1 Å². The maximum Gasteiger partial charge on any atom is 0.0479 e. The maximum absolute atomic E-state index is 2.41. The van der Waals surface area contributed by atoms with Gasteiger partial charge in [0.05, 0.1) is 0 Å². The van der Waals surface area contributed by atoms with Crippen LogP contribution in [-0.2, 0) is 0 Å². The van der Waals surface area contributed by atoms with Crippen molar-refractivity contribution in [2.24, 2.45) is 0 Å². The summed E-state index contributed by atoms with van der Waals surface area (Å²) in [7, 11) is 0. The summed E-state index contributed by atoms with van der Waals surface area (Å²) in [5, 5.41) is 3.59. The van der Waals surface area contributed by atoms with Gasteiger partial charge in [0.15, 0.2) is 0 Å². The molecule has 2 aromatic rings. The van der Waals surface area contributed by atoms with Gasteiger partial charge in [-0.25, -0.2) is 0 Å². The van der Waals surface area contributed by atoms with Crippen molar-refractivity contribution in [2.45, 2.75) is 13.8 Å². The van der Waals surface area contributed by atoms with Crippen LogP contribution in [0.15, 0.2) is 17.5 Å². The van der Waals surface area contributed by atoms with E-state index < -0.39 is 0 Å². The van der Waals surface area contributed by atoms with E-state index in [2.05, 4.69) is 54.0 Å². The largest absolute Gasteiger partial charge is 0.143 e. The van der Waals surface area contributed by atoms with Crippen LogP contribution in [0.5, 0.6) is 0 Å². The highest BCUT2D eigenvalue weighted by Gasteiger charge is 2.04. The fourth-order valence-electron chi connectivity index (χ4n) is 1.37. The van der Waals surface area contributed by atoms with Crippen molar-refractivity contribution in [3.05, 3.63) is 32.2 Å². The first kappa shape index (κ1) is 8.51. The molecular formula is C10H9IS. The van der Waals surface area contributed by atoms with Gasteiger partial charge in [-0.15, -0.1) is 11.3 Å². The predicted molar refractivity (Wildman–Crippen MR) is 64.0 cm³/mol. The van der Waals surface area contributed by atoms with E-state index in [1.165, 1.54) is 24.8 Å². The molecule has 0 amide bonds. The van der Waals surface area contributed by atoms with Crippen LogP contribution < -0.4 is 0 Å². The first-order valence-electron chi connectivity index (χ1n) is 3.83. The molecule has 1 aromatic heterocycles.